The molecule has 0 aromatic carbocycles. The Labute approximate surface area is 118 Å². The molecule has 1 aliphatic rings. The van der Waals surface area contributed by atoms with Crippen LogP contribution >= 0.6 is 0 Å². The number of aromatic nitrogens is 4. The van der Waals surface area contributed by atoms with Crippen molar-refractivity contribution in [3.05, 3.63) is 18.0 Å². The topological polar surface area (TPSA) is 75.4 Å². The van der Waals surface area contributed by atoms with Crippen LogP contribution in [0.25, 0.3) is 5.65 Å². The monoisotopic (exact) mass is 296 g/mol. The Hall–Kier alpha value is -2.32. The van der Waals surface area contributed by atoms with Crippen molar-refractivity contribution in [1.29, 1.82) is 0 Å². The van der Waals surface area contributed by atoms with Crippen LogP contribution in [0.2, 0.25) is 0 Å². The van der Waals surface area contributed by atoms with Crippen molar-refractivity contribution in [1.82, 2.24) is 25.1 Å². The molecule has 21 heavy (non-hydrogen) atoms. The Morgan fingerprint density at radius 3 is 2.86 bits per heavy atom. The molecule has 1 N–H and O–H groups in total. The van der Waals surface area contributed by atoms with E-state index in [4.69, 9.17) is 0 Å². The molecule has 0 aliphatic carbocycles. The molecule has 1 amide bonds. The highest BCUT2D eigenvalue weighted by Gasteiger charge is 2.32. The molecule has 3 heterocycles. The minimum Gasteiger partial charge on any atom is -0.354 e. The highest BCUT2D eigenvalue weighted by Crippen LogP contribution is 2.25. The molecule has 9 heteroatoms. The van der Waals surface area contributed by atoms with E-state index in [0.29, 0.717) is 31.9 Å². The maximum atomic E-state index is 13.5. The Kier molecular flexibility index (Phi) is 3.19. The number of nitrogens with zero attached hydrogens (tertiary/aromatic N) is 5. The van der Waals surface area contributed by atoms with Crippen molar-refractivity contribution in [3.8, 4) is 0 Å². The number of carbonyl (C=O) groups is 1. The lowest BCUT2D eigenvalue weighted by Crippen LogP contribution is -2.29. The van der Waals surface area contributed by atoms with Crippen LogP contribution in [0.3, 0.4) is 0 Å². The Morgan fingerprint density at radius 1 is 1.29 bits per heavy atom. The molecule has 1 saturated heterocycles. The first-order valence-electron chi connectivity index (χ1n) is 6.57. The van der Waals surface area contributed by atoms with Gasteiger partial charge in [0.1, 0.15) is 5.82 Å². The van der Waals surface area contributed by atoms with Gasteiger partial charge in [0.15, 0.2) is 5.65 Å². The van der Waals surface area contributed by atoms with Gasteiger partial charge < -0.3 is 10.2 Å². The van der Waals surface area contributed by atoms with Crippen molar-refractivity contribution in [2.24, 2.45) is 0 Å². The minimum absolute atomic E-state index is 0.0244. The van der Waals surface area contributed by atoms with Crippen LogP contribution in [-0.4, -0.2) is 45.4 Å². The van der Waals surface area contributed by atoms with Gasteiger partial charge in [0.05, 0.1) is 0 Å². The van der Waals surface area contributed by atoms with Crippen LogP contribution in [0.5, 0.6) is 0 Å². The summed E-state index contributed by atoms with van der Waals surface area (Å²) in [6.07, 6.45) is 0.346. The number of amides is 1. The van der Waals surface area contributed by atoms with Gasteiger partial charge in [-0.3, -0.25) is 4.79 Å². The van der Waals surface area contributed by atoms with E-state index in [0.717, 1.165) is 11.4 Å². The number of halogens is 2. The number of fused-ring (bicyclic) bond motifs is 1. The lowest BCUT2D eigenvalue weighted by atomic mass is 10.3. The number of anilines is 1. The van der Waals surface area contributed by atoms with E-state index < -0.39 is 11.7 Å². The zero-order chi connectivity index (χ0) is 15.0. The number of rotatable bonds is 2. The molecule has 2 aromatic heterocycles. The van der Waals surface area contributed by atoms with Crippen molar-refractivity contribution >= 4 is 17.4 Å². The van der Waals surface area contributed by atoms with E-state index in [9.17, 15) is 13.6 Å². The number of nitrogens with one attached hydrogen (secondary N) is 1. The van der Waals surface area contributed by atoms with E-state index >= 15 is 0 Å². The molecule has 2 aromatic rings. The van der Waals surface area contributed by atoms with E-state index in [2.05, 4.69) is 20.6 Å². The van der Waals surface area contributed by atoms with Gasteiger partial charge in [0, 0.05) is 33.0 Å². The molecular formula is C12H14F2N6O. The molecule has 3 rings (SSSR count). The quantitative estimate of drug-likeness (QED) is 0.876. The van der Waals surface area contributed by atoms with Gasteiger partial charge in [-0.25, -0.2) is 0 Å². The third kappa shape index (κ3) is 2.63. The van der Waals surface area contributed by atoms with E-state index in [1.165, 1.54) is 0 Å². The molecule has 1 fully saturated rings. The van der Waals surface area contributed by atoms with Gasteiger partial charge >= 0.3 is 5.92 Å². The Bertz CT molecular complexity index is 680. The van der Waals surface area contributed by atoms with Crippen LogP contribution in [0.15, 0.2) is 12.1 Å². The van der Waals surface area contributed by atoms with E-state index in [1.807, 2.05) is 4.90 Å². The molecule has 112 valence electrons. The second-order valence-corrected chi connectivity index (χ2v) is 4.96. The fourth-order valence-corrected chi connectivity index (χ4v) is 2.22. The fourth-order valence-electron chi connectivity index (χ4n) is 2.22. The summed E-state index contributed by atoms with van der Waals surface area (Å²) in [4.78, 5) is 13.2. The minimum atomic E-state index is -3.12. The molecule has 1 aliphatic heterocycles. The lowest BCUT2D eigenvalue weighted by Gasteiger charge is -2.20. The molecule has 0 saturated carbocycles. The summed E-state index contributed by atoms with van der Waals surface area (Å²) < 4.78 is 28.0. The van der Waals surface area contributed by atoms with Crippen LogP contribution in [-0.2, 0) is 10.7 Å². The molecule has 0 atom stereocenters. The van der Waals surface area contributed by atoms with Crippen LogP contribution in [0.1, 0.15) is 19.2 Å². The number of hydrogen-bond acceptors (Lipinski definition) is 5. The largest absolute Gasteiger partial charge is 0.354 e. The van der Waals surface area contributed by atoms with Gasteiger partial charge in [-0.2, -0.15) is 13.3 Å². The maximum absolute atomic E-state index is 13.5. The SMILES string of the molecule is CC(F)(F)c1nnc2ccc(N3CCNC(=O)CC3)nn12. The first-order chi connectivity index (χ1) is 9.95. The molecule has 7 nitrogen and oxygen atoms in total. The second kappa shape index (κ2) is 4.90. The lowest BCUT2D eigenvalue weighted by molar-refractivity contribution is -0.120. The summed E-state index contributed by atoms with van der Waals surface area (Å²) in [5.74, 6) is -3.13. The van der Waals surface area contributed by atoms with Gasteiger partial charge in [-0.05, 0) is 12.1 Å². The second-order valence-electron chi connectivity index (χ2n) is 4.96. The van der Waals surface area contributed by atoms with Gasteiger partial charge in [0.25, 0.3) is 0 Å². The van der Waals surface area contributed by atoms with Crippen molar-refractivity contribution in [2.75, 3.05) is 24.5 Å². The first kappa shape index (κ1) is 13.7. The Morgan fingerprint density at radius 2 is 2.10 bits per heavy atom. The summed E-state index contributed by atoms with van der Waals surface area (Å²) in [5, 5.41) is 14.1. The van der Waals surface area contributed by atoms with Crippen LogP contribution in [0.4, 0.5) is 14.6 Å². The third-order valence-electron chi connectivity index (χ3n) is 3.28. The number of hydrogen-bond donors (Lipinski definition) is 1. The standard InChI is InChI=1S/C12H14F2N6O/c1-12(13,14)11-17-16-8-2-3-9(18-20(8)11)19-6-4-10(21)15-5-7-19/h2-3H,4-7H2,1H3,(H,15,21). The van der Waals surface area contributed by atoms with Gasteiger partial charge in [-0.15, -0.1) is 15.3 Å². The summed E-state index contributed by atoms with van der Waals surface area (Å²) >= 11 is 0. The smallest absolute Gasteiger partial charge is 0.305 e. The molecular weight excluding hydrogens is 282 g/mol. The predicted molar refractivity (Wildman–Crippen MR) is 70.2 cm³/mol. The van der Waals surface area contributed by atoms with Crippen molar-refractivity contribution < 1.29 is 13.6 Å². The third-order valence-corrected chi connectivity index (χ3v) is 3.28. The highest BCUT2D eigenvalue weighted by molar-refractivity contribution is 5.77. The van der Waals surface area contributed by atoms with Crippen LogP contribution < -0.4 is 10.2 Å². The molecule has 0 radical (unpaired) electrons. The van der Waals surface area contributed by atoms with Gasteiger partial charge in [0.2, 0.25) is 11.7 Å². The predicted octanol–water partition coefficient (Wildman–Crippen LogP) is 0.562. The normalized spacial score (nSPS) is 16.9. The van der Waals surface area contributed by atoms with Crippen molar-refractivity contribution in [3.63, 3.8) is 0 Å². The van der Waals surface area contributed by atoms with Crippen molar-refractivity contribution in [2.45, 2.75) is 19.3 Å². The Balaban J connectivity index is 1.98. The zero-order valence-electron chi connectivity index (χ0n) is 11.4. The molecule has 0 unspecified atom stereocenters. The van der Waals surface area contributed by atoms with E-state index in [1.54, 1.807) is 12.1 Å². The number of carbonyl (C=O) groups excluding carboxylic acids is 1. The first-order valence-corrected chi connectivity index (χ1v) is 6.57. The average molecular weight is 296 g/mol. The zero-order valence-corrected chi connectivity index (χ0v) is 11.4. The summed E-state index contributed by atoms with van der Waals surface area (Å²) in [6, 6.07) is 3.28. The van der Waals surface area contributed by atoms with Gasteiger partial charge in [-0.1, -0.05) is 0 Å². The highest BCUT2D eigenvalue weighted by atomic mass is 19.3. The average Bonchev–Trinajstić information content (AvgIpc) is 2.74. The molecule has 0 bridgehead atoms. The summed E-state index contributed by atoms with van der Waals surface area (Å²) in [5.41, 5.74) is 0.263. The summed E-state index contributed by atoms with van der Waals surface area (Å²) in [7, 11) is 0. The van der Waals surface area contributed by atoms with E-state index in [-0.39, 0.29) is 11.6 Å². The molecule has 0 spiro atoms. The summed E-state index contributed by atoms with van der Waals surface area (Å²) in [6.45, 7) is 2.32. The van der Waals surface area contributed by atoms with Crippen LogP contribution in [0, 0.1) is 0 Å². The number of alkyl halides is 2. The maximum Gasteiger partial charge on any atom is 0.305 e. The fraction of sp³-hybridized carbons (Fsp3) is 0.500.